The fourth-order valence-electron chi connectivity index (χ4n) is 2.86. The van der Waals surface area contributed by atoms with Crippen LogP contribution in [0.4, 0.5) is 0 Å². The number of morpholine rings is 1. The Morgan fingerprint density at radius 2 is 2.00 bits per heavy atom. The van der Waals surface area contributed by atoms with Crippen LogP contribution < -0.4 is 11.2 Å². The van der Waals surface area contributed by atoms with Gasteiger partial charge in [0, 0.05) is 37.9 Å². The highest BCUT2D eigenvalue weighted by atomic mass is 16.5. The van der Waals surface area contributed by atoms with Crippen LogP contribution in [0.15, 0.2) is 46.0 Å². The molecule has 1 N–H and O–H groups in total. The van der Waals surface area contributed by atoms with Gasteiger partial charge in [0.2, 0.25) is 0 Å². The lowest BCUT2D eigenvalue weighted by molar-refractivity contribution is -0.0310. The maximum Gasteiger partial charge on any atom is 0.328 e. The standard InChI is InChI=1S/C17H21N3O3/c1-13-11-16(21)20(17(22)18-13)8-7-19-9-10-23-15(12-19)14-5-3-2-4-6-14/h2-6,11,15H,7-10,12H2,1H3,(H,18,22)/t15-/m0/s1. The van der Waals surface area contributed by atoms with E-state index in [0.717, 1.165) is 18.7 Å². The highest BCUT2D eigenvalue weighted by Gasteiger charge is 2.21. The molecule has 2 aromatic rings. The second-order valence-electron chi connectivity index (χ2n) is 5.82. The average Bonchev–Trinajstić information content (AvgIpc) is 2.55. The number of hydrogen-bond acceptors (Lipinski definition) is 4. The number of H-pyrrole nitrogens is 1. The van der Waals surface area contributed by atoms with Gasteiger partial charge in [-0.05, 0) is 12.5 Å². The molecule has 122 valence electrons. The lowest BCUT2D eigenvalue weighted by atomic mass is 10.1. The van der Waals surface area contributed by atoms with E-state index < -0.39 is 0 Å². The molecule has 0 radical (unpaired) electrons. The monoisotopic (exact) mass is 315 g/mol. The zero-order chi connectivity index (χ0) is 16.2. The Bertz CT molecular complexity index is 735. The molecule has 1 fully saturated rings. The van der Waals surface area contributed by atoms with Gasteiger partial charge in [0.15, 0.2) is 0 Å². The van der Waals surface area contributed by atoms with E-state index in [0.29, 0.717) is 25.4 Å². The topological polar surface area (TPSA) is 67.3 Å². The van der Waals surface area contributed by atoms with Gasteiger partial charge in [0.25, 0.3) is 5.56 Å². The van der Waals surface area contributed by atoms with Gasteiger partial charge in [-0.15, -0.1) is 0 Å². The van der Waals surface area contributed by atoms with Gasteiger partial charge in [0.05, 0.1) is 12.7 Å². The van der Waals surface area contributed by atoms with E-state index in [1.807, 2.05) is 18.2 Å². The fraction of sp³-hybridized carbons (Fsp3) is 0.412. The highest BCUT2D eigenvalue weighted by molar-refractivity contribution is 5.18. The van der Waals surface area contributed by atoms with E-state index in [1.54, 1.807) is 6.92 Å². The van der Waals surface area contributed by atoms with E-state index in [-0.39, 0.29) is 17.4 Å². The Balaban J connectivity index is 1.65. The van der Waals surface area contributed by atoms with Crippen LogP contribution in [0, 0.1) is 6.92 Å². The van der Waals surface area contributed by atoms with Gasteiger partial charge in [-0.3, -0.25) is 14.3 Å². The molecule has 0 aliphatic carbocycles. The number of rotatable bonds is 4. The maximum atomic E-state index is 11.9. The molecule has 6 nitrogen and oxygen atoms in total. The first-order valence-electron chi connectivity index (χ1n) is 7.83. The van der Waals surface area contributed by atoms with Gasteiger partial charge in [-0.2, -0.15) is 0 Å². The smallest absolute Gasteiger partial charge is 0.328 e. The maximum absolute atomic E-state index is 11.9. The SMILES string of the molecule is Cc1cc(=O)n(CCN2CCO[C@H](c3ccccc3)C2)c(=O)[nH]1. The minimum Gasteiger partial charge on any atom is -0.371 e. The van der Waals surface area contributed by atoms with E-state index in [2.05, 4.69) is 22.0 Å². The number of hydrogen-bond donors (Lipinski definition) is 1. The van der Waals surface area contributed by atoms with Crippen molar-refractivity contribution in [3.63, 3.8) is 0 Å². The summed E-state index contributed by atoms with van der Waals surface area (Å²) in [4.78, 5) is 28.7. The highest BCUT2D eigenvalue weighted by Crippen LogP contribution is 2.21. The molecule has 1 atom stereocenters. The van der Waals surface area contributed by atoms with Crippen molar-refractivity contribution >= 4 is 0 Å². The van der Waals surface area contributed by atoms with Gasteiger partial charge < -0.3 is 9.72 Å². The molecule has 1 aliphatic heterocycles. The fourth-order valence-corrected chi connectivity index (χ4v) is 2.86. The number of aromatic nitrogens is 2. The average molecular weight is 315 g/mol. The molecule has 23 heavy (non-hydrogen) atoms. The van der Waals surface area contributed by atoms with Gasteiger partial charge in [0.1, 0.15) is 0 Å². The first kappa shape index (κ1) is 15.7. The third kappa shape index (κ3) is 3.78. The summed E-state index contributed by atoms with van der Waals surface area (Å²) in [6.07, 6.45) is 0.0398. The number of aryl methyl sites for hydroxylation is 1. The Hall–Kier alpha value is -2.18. The van der Waals surface area contributed by atoms with Crippen LogP contribution in [-0.4, -0.2) is 40.7 Å². The molecule has 1 aromatic heterocycles. The lowest BCUT2D eigenvalue weighted by Crippen LogP contribution is -2.43. The molecule has 0 amide bonds. The molecule has 0 bridgehead atoms. The summed E-state index contributed by atoms with van der Waals surface area (Å²) in [6.45, 7) is 4.97. The second-order valence-corrected chi connectivity index (χ2v) is 5.82. The molecule has 2 heterocycles. The number of nitrogens with one attached hydrogen (secondary N) is 1. The third-order valence-corrected chi connectivity index (χ3v) is 4.12. The summed E-state index contributed by atoms with van der Waals surface area (Å²) < 4.78 is 7.08. The zero-order valence-corrected chi connectivity index (χ0v) is 13.2. The molecule has 1 aromatic carbocycles. The van der Waals surface area contributed by atoms with Crippen molar-refractivity contribution in [3.05, 3.63) is 68.5 Å². The van der Waals surface area contributed by atoms with Crippen molar-refractivity contribution in [3.8, 4) is 0 Å². The van der Waals surface area contributed by atoms with Gasteiger partial charge in [-0.1, -0.05) is 30.3 Å². The number of nitrogens with zero attached hydrogens (tertiary/aromatic N) is 2. The molecule has 1 saturated heterocycles. The van der Waals surface area contributed by atoms with Gasteiger partial charge in [-0.25, -0.2) is 4.79 Å². The molecule has 0 spiro atoms. The van der Waals surface area contributed by atoms with Crippen LogP contribution in [0.2, 0.25) is 0 Å². The van der Waals surface area contributed by atoms with Crippen LogP contribution in [0.25, 0.3) is 0 Å². The van der Waals surface area contributed by atoms with Crippen LogP contribution >= 0.6 is 0 Å². The number of ether oxygens (including phenoxy) is 1. The predicted octanol–water partition coefficient (Wildman–Crippen LogP) is 0.919. The Labute approximate surface area is 134 Å². The Morgan fingerprint density at radius 3 is 2.74 bits per heavy atom. The summed E-state index contributed by atoms with van der Waals surface area (Å²) in [7, 11) is 0. The van der Waals surface area contributed by atoms with Crippen LogP contribution in [0.1, 0.15) is 17.4 Å². The largest absolute Gasteiger partial charge is 0.371 e. The van der Waals surface area contributed by atoms with Crippen molar-refractivity contribution in [2.45, 2.75) is 19.6 Å². The molecule has 6 heteroatoms. The quantitative estimate of drug-likeness (QED) is 0.911. The number of aromatic amines is 1. The molecule has 0 saturated carbocycles. The molecular weight excluding hydrogens is 294 g/mol. The molecule has 3 rings (SSSR count). The normalized spacial score (nSPS) is 18.9. The number of benzene rings is 1. The molecule has 1 aliphatic rings. The van der Waals surface area contributed by atoms with E-state index in [1.165, 1.54) is 10.6 Å². The summed E-state index contributed by atoms with van der Waals surface area (Å²) in [5.74, 6) is 0. The predicted molar refractivity (Wildman–Crippen MR) is 87.6 cm³/mol. The molecular formula is C17H21N3O3. The van der Waals surface area contributed by atoms with E-state index >= 15 is 0 Å². The Morgan fingerprint density at radius 1 is 1.22 bits per heavy atom. The minimum absolute atomic E-state index is 0.0398. The van der Waals surface area contributed by atoms with Crippen molar-refractivity contribution in [2.24, 2.45) is 0 Å². The van der Waals surface area contributed by atoms with E-state index in [4.69, 9.17) is 4.74 Å². The third-order valence-electron chi connectivity index (χ3n) is 4.12. The summed E-state index contributed by atoms with van der Waals surface area (Å²) >= 11 is 0. The van der Waals surface area contributed by atoms with E-state index in [9.17, 15) is 9.59 Å². The summed E-state index contributed by atoms with van der Waals surface area (Å²) in [5, 5.41) is 0. The zero-order valence-electron chi connectivity index (χ0n) is 13.2. The second kappa shape index (κ2) is 6.93. The summed E-state index contributed by atoms with van der Waals surface area (Å²) in [6, 6.07) is 11.6. The minimum atomic E-state index is -0.345. The van der Waals surface area contributed by atoms with Crippen LogP contribution in [0.3, 0.4) is 0 Å². The van der Waals surface area contributed by atoms with Gasteiger partial charge >= 0.3 is 5.69 Å². The van der Waals surface area contributed by atoms with Crippen LogP contribution in [-0.2, 0) is 11.3 Å². The Kier molecular flexibility index (Phi) is 4.73. The van der Waals surface area contributed by atoms with Crippen LogP contribution in [0.5, 0.6) is 0 Å². The summed E-state index contributed by atoms with van der Waals surface area (Å²) in [5.41, 5.74) is 1.15. The van der Waals surface area contributed by atoms with Crippen molar-refractivity contribution in [1.82, 2.24) is 14.5 Å². The lowest BCUT2D eigenvalue weighted by Gasteiger charge is -2.33. The molecule has 0 unspecified atom stereocenters. The first-order chi connectivity index (χ1) is 11.1. The van der Waals surface area contributed by atoms with Crippen molar-refractivity contribution in [2.75, 3.05) is 26.2 Å². The first-order valence-corrected chi connectivity index (χ1v) is 7.83. The van der Waals surface area contributed by atoms with Crippen molar-refractivity contribution in [1.29, 1.82) is 0 Å². The van der Waals surface area contributed by atoms with Crippen molar-refractivity contribution < 1.29 is 4.74 Å².